The lowest BCUT2D eigenvalue weighted by atomic mass is 9.92. The van der Waals surface area contributed by atoms with E-state index in [9.17, 15) is 4.39 Å². The van der Waals surface area contributed by atoms with Gasteiger partial charge in [0.25, 0.3) is 0 Å². The van der Waals surface area contributed by atoms with Crippen LogP contribution in [0.3, 0.4) is 0 Å². The van der Waals surface area contributed by atoms with E-state index in [1.54, 1.807) is 6.07 Å². The molecule has 2 heteroatoms. The molecule has 1 unspecified atom stereocenters. The van der Waals surface area contributed by atoms with Gasteiger partial charge in [-0.05, 0) is 42.6 Å². The average molecular weight is 209 g/mol. The van der Waals surface area contributed by atoms with Crippen molar-refractivity contribution in [3.63, 3.8) is 0 Å². The summed E-state index contributed by atoms with van der Waals surface area (Å²) in [5.41, 5.74) is 2.22. The van der Waals surface area contributed by atoms with E-state index >= 15 is 0 Å². The third-order valence-corrected chi connectivity index (χ3v) is 2.67. The molecule has 1 nitrogen and oxygen atoms in total. The number of benzene rings is 1. The lowest BCUT2D eigenvalue weighted by Crippen LogP contribution is -2.26. The minimum atomic E-state index is -0.154. The van der Waals surface area contributed by atoms with Gasteiger partial charge in [-0.25, -0.2) is 4.39 Å². The number of hydrogen-bond donors (Lipinski definition) is 1. The fourth-order valence-corrected chi connectivity index (χ4v) is 1.87. The van der Waals surface area contributed by atoms with E-state index in [1.165, 1.54) is 6.07 Å². The summed E-state index contributed by atoms with van der Waals surface area (Å²) >= 11 is 0. The second-order valence-corrected chi connectivity index (χ2v) is 4.28. The third kappa shape index (κ3) is 3.03. The first kappa shape index (κ1) is 12.2. The van der Waals surface area contributed by atoms with Gasteiger partial charge >= 0.3 is 0 Å². The average Bonchev–Trinajstić information content (AvgIpc) is 2.18. The zero-order chi connectivity index (χ0) is 11.4. The summed E-state index contributed by atoms with van der Waals surface area (Å²) in [5.74, 6) is 0.310. The van der Waals surface area contributed by atoms with Crippen LogP contribution in [0.4, 0.5) is 4.39 Å². The van der Waals surface area contributed by atoms with Crippen molar-refractivity contribution >= 4 is 0 Å². The highest BCUT2D eigenvalue weighted by Crippen LogP contribution is 2.25. The van der Waals surface area contributed by atoms with Crippen LogP contribution in [0, 0.1) is 18.7 Å². The molecule has 0 aromatic heterocycles. The van der Waals surface area contributed by atoms with Crippen LogP contribution in [-0.4, -0.2) is 6.54 Å². The quantitative estimate of drug-likeness (QED) is 0.801. The smallest absolute Gasteiger partial charge is 0.123 e. The lowest BCUT2D eigenvalue weighted by Gasteiger charge is -2.24. The van der Waals surface area contributed by atoms with Gasteiger partial charge in [0.2, 0.25) is 0 Å². The third-order valence-electron chi connectivity index (χ3n) is 2.67. The Labute approximate surface area is 91.7 Å². The molecule has 0 heterocycles. The van der Waals surface area contributed by atoms with Gasteiger partial charge in [0.05, 0.1) is 0 Å². The number of aryl methyl sites for hydroxylation is 1. The van der Waals surface area contributed by atoms with E-state index in [0.29, 0.717) is 5.92 Å². The van der Waals surface area contributed by atoms with Crippen molar-refractivity contribution in [3.05, 3.63) is 35.1 Å². The van der Waals surface area contributed by atoms with E-state index in [4.69, 9.17) is 0 Å². The normalized spacial score (nSPS) is 13.2. The molecule has 1 rings (SSSR count). The first-order valence-corrected chi connectivity index (χ1v) is 5.55. The molecule has 0 spiro atoms. The predicted octanol–water partition coefficient (Wildman–Crippen LogP) is 3.44. The van der Waals surface area contributed by atoms with Crippen LogP contribution in [0.25, 0.3) is 0 Å². The van der Waals surface area contributed by atoms with Gasteiger partial charge in [-0.3, -0.25) is 0 Å². The number of halogens is 1. The van der Waals surface area contributed by atoms with Crippen molar-refractivity contribution in [2.24, 2.45) is 5.92 Å². The Hall–Kier alpha value is -0.890. The van der Waals surface area contributed by atoms with E-state index in [-0.39, 0.29) is 11.9 Å². The highest BCUT2D eigenvalue weighted by molar-refractivity contribution is 5.29. The molecule has 0 radical (unpaired) electrons. The SMILES string of the molecule is CCNC(c1cc(F)ccc1C)C(C)C. The van der Waals surface area contributed by atoms with E-state index < -0.39 is 0 Å². The number of rotatable bonds is 4. The lowest BCUT2D eigenvalue weighted by molar-refractivity contribution is 0.418. The Balaban J connectivity index is 3.04. The maximum absolute atomic E-state index is 13.2. The van der Waals surface area contributed by atoms with Gasteiger partial charge in [0, 0.05) is 6.04 Å². The molecule has 0 bridgehead atoms. The molecule has 1 aromatic carbocycles. The van der Waals surface area contributed by atoms with Crippen LogP contribution in [0.1, 0.15) is 37.9 Å². The fourth-order valence-electron chi connectivity index (χ4n) is 1.87. The fraction of sp³-hybridized carbons (Fsp3) is 0.538. The molecular formula is C13H20FN. The monoisotopic (exact) mass is 209 g/mol. The van der Waals surface area contributed by atoms with E-state index in [1.807, 2.05) is 13.0 Å². The van der Waals surface area contributed by atoms with Gasteiger partial charge in [0.1, 0.15) is 5.82 Å². The molecule has 1 atom stereocenters. The summed E-state index contributed by atoms with van der Waals surface area (Å²) in [6.45, 7) is 9.31. The molecule has 1 aromatic rings. The van der Waals surface area contributed by atoms with Crippen molar-refractivity contribution in [1.82, 2.24) is 5.32 Å². The molecule has 0 aliphatic rings. The molecule has 0 aliphatic carbocycles. The summed E-state index contributed by atoms with van der Waals surface area (Å²) in [7, 11) is 0. The molecule has 15 heavy (non-hydrogen) atoms. The topological polar surface area (TPSA) is 12.0 Å². The Morgan fingerprint density at radius 1 is 1.33 bits per heavy atom. The largest absolute Gasteiger partial charge is 0.310 e. The Kier molecular flexibility index (Phi) is 4.28. The van der Waals surface area contributed by atoms with Crippen LogP contribution < -0.4 is 5.32 Å². The first-order chi connectivity index (χ1) is 7.06. The Morgan fingerprint density at radius 3 is 2.53 bits per heavy atom. The Morgan fingerprint density at radius 2 is 2.00 bits per heavy atom. The highest BCUT2D eigenvalue weighted by atomic mass is 19.1. The van der Waals surface area contributed by atoms with Crippen LogP contribution in [0.15, 0.2) is 18.2 Å². The number of nitrogens with one attached hydrogen (secondary N) is 1. The predicted molar refractivity (Wildman–Crippen MR) is 62.4 cm³/mol. The summed E-state index contributed by atoms with van der Waals surface area (Å²) in [6, 6.07) is 5.24. The van der Waals surface area contributed by atoms with Crippen molar-refractivity contribution in [3.8, 4) is 0 Å². The molecule has 0 amide bonds. The van der Waals surface area contributed by atoms with Crippen molar-refractivity contribution in [2.75, 3.05) is 6.54 Å². The Bertz CT molecular complexity index is 320. The van der Waals surface area contributed by atoms with Gasteiger partial charge in [0.15, 0.2) is 0 Å². The minimum absolute atomic E-state index is 0.154. The summed E-state index contributed by atoms with van der Waals surface area (Å²) in [6.07, 6.45) is 0. The zero-order valence-corrected chi connectivity index (χ0v) is 9.97. The van der Waals surface area contributed by atoms with Crippen molar-refractivity contribution < 1.29 is 4.39 Å². The maximum Gasteiger partial charge on any atom is 0.123 e. The van der Waals surface area contributed by atoms with Crippen LogP contribution in [-0.2, 0) is 0 Å². The van der Waals surface area contributed by atoms with E-state index in [0.717, 1.165) is 17.7 Å². The van der Waals surface area contributed by atoms with Crippen LogP contribution in [0.5, 0.6) is 0 Å². The van der Waals surface area contributed by atoms with E-state index in [2.05, 4.69) is 26.1 Å². The summed E-state index contributed by atoms with van der Waals surface area (Å²) in [5, 5.41) is 3.40. The van der Waals surface area contributed by atoms with Gasteiger partial charge in [-0.2, -0.15) is 0 Å². The summed E-state index contributed by atoms with van der Waals surface area (Å²) in [4.78, 5) is 0. The van der Waals surface area contributed by atoms with Gasteiger partial charge in [-0.1, -0.05) is 26.8 Å². The molecule has 0 saturated carbocycles. The number of hydrogen-bond acceptors (Lipinski definition) is 1. The molecule has 1 N–H and O–H groups in total. The molecular weight excluding hydrogens is 189 g/mol. The first-order valence-electron chi connectivity index (χ1n) is 5.55. The van der Waals surface area contributed by atoms with Crippen LogP contribution >= 0.6 is 0 Å². The summed E-state index contributed by atoms with van der Waals surface area (Å²) < 4.78 is 13.2. The standard InChI is InChI=1S/C13H20FN/c1-5-15-13(9(2)3)12-8-11(14)7-6-10(12)4/h6-9,13,15H,5H2,1-4H3. The molecule has 0 aliphatic heterocycles. The second kappa shape index (κ2) is 5.26. The highest BCUT2D eigenvalue weighted by Gasteiger charge is 2.16. The van der Waals surface area contributed by atoms with Crippen molar-refractivity contribution in [2.45, 2.75) is 33.7 Å². The molecule has 84 valence electrons. The van der Waals surface area contributed by atoms with Gasteiger partial charge < -0.3 is 5.32 Å². The second-order valence-electron chi connectivity index (χ2n) is 4.28. The maximum atomic E-state index is 13.2. The van der Waals surface area contributed by atoms with Crippen molar-refractivity contribution in [1.29, 1.82) is 0 Å². The molecule has 0 saturated heterocycles. The minimum Gasteiger partial charge on any atom is -0.310 e. The van der Waals surface area contributed by atoms with Crippen LogP contribution in [0.2, 0.25) is 0 Å². The van der Waals surface area contributed by atoms with Gasteiger partial charge in [-0.15, -0.1) is 0 Å². The molecule has 0 fully saturated rings. The zero-order valence-electron chi connectivity index (χ0n) is 9.97.